The summed E-state index contributed by atoms with van der Waals surface area (Å²) in [7, 11) is 1.65. The average Bonchev–Trinajstić information content (AvgIpc) is 3.39. The van der Waals surface area contributed by atoms with Crippen LogP contribution in [0.5, 0.6) is 5.75 Å². The summed E-state index contributed by atoms with van der Waals surface area (Å²) >= 11 is 0. The fourth-order valence-corrected chi connectivity index (χ4v) is 2.94. The van der Waals surface area contributed by atoms with Crippen molar-refractivity contribution in [3.63, 3.8) is 0 Å². The van der Waals surface area contributed by atoms with Crippen LogP contribution in [-0.4, -0.2) is 33.2 Å². The normalized spacial score (nSPS) is 10.9. The van der Waals surface area contributed by atoms with Crippen molar-refractivity contribution in [2.24, 2.45) is 0 Å². The highest BCUT2D eigenvalue weighted by Crippen LogP contribution is 2.27. The van der Waals surface area contributed by atoms with Crippen LogP contribution in [-0.2, 0) is 11.3 Å². The van der Waals surface area contributed by atoms with Gasteiger partial charge in [0.05, 0.1) is 32.9 Å². The molecule has 0 N–H and O–H groups in total. The minimum absolute atomic E-state index is 0.411. The summed E-state index contributed by atoms with van der Waals surface area (Å²) in [4.78, 5) is 13.8. The van der Waals surface area contributed by atoms with E-state index in [-0.39, 0.29) is 0 Å². The maximum Gasteiger partial charge on any atom is 0.197 e. The van der Waals surface area contributed by atoms with Crippen molar-refractivity contribution in [3.05, 3.63) is 67.0 Å². The number of ether oxygens (including phenoxy) is 2. The molecule has 0 aliphatic carbocycles. The first kappa shape index (κ1) is 17.8. The van der Waals surface area contributed by atoms with Gasteiger partial charge in [-0.15, -0.1) is 0 Å². The fourth-order valence-electron chi connectivity index (χ4n) is 2.94. The second kappa shape index (κ2) is 7.56. The van der Waals surface area contributed by atoms with E-state index in [0.717, 1.165) is 11.3 Å². The molecule has 7 nitrogen and oxygen atoms in total. The van der Waals surface area contributed by atoms with Crippen LogP contribution in [0.4, 0.5) is 0 Å². The molecule has 142 valence electrons. The highest BCUT2D eigenvalue weighted by Gasteiger charge is 2.18. The van der Waals surface area contributed by atoms with Gasteiger partial charge in [0, 0.05) is 0 Å². The van der Waals surface area contributed by atoms with E-state index in [2.05, 4.69) is 21.5 Å². The maximum atomic E-state index is 5.55. The number of rotatable bonds is 7. The largest absolute Gasteiger partial charge is 0.497 e. The number of furan rings is 1. The Morgan fingerprint density at radius 1 is 1.18 bits per heavy atom. The summed E-state index contributed by atoms with van der Waals surface area (Å²) in [5, 5.41) is 0. The molecule has 0 fully saturated rings. The fraction of sp³-hybridized carbons (Fsp3) is 0.190. The molecular weight excluding hydrogens is 356 g/mol. The van der Waals surface area contributed by atoms with Crippen molar-refractivity contribution in [2.75, 3.05) is 13.7 Å². The predicted octanol–water partition coefficient (Wildman–Crippen LogP) is 4.15. The minimum Gasteiger partial charge on any atom is -0.497 e. The van der Waals surface area contributed by atoms with Gasteiger partial charge in [-0.05, 0) is 36.8 Å². The van der Waals surface area contributed by atoms with Crippen molar-refractivity contribution < 1.29 is 13.9 Å². The van der Waals surface area contributed by atoms with Crippen LogP contribution < -0.4 is 4.74 Å². The molecule has 4 rings (SSSR count). The lowest BCUT2D eigenvalue weighted by Crippen LogP contribution is -2.04. The van der Waals surface area contributed by atoms with E-state index in [0.29, 0.717) is 47.4 Å². The van der Waals surface area contributed by atoms with E-state index >= 15 is 0 Å². The smallest absolute Gasteiger partial charge is 0.197 e. The van der Waals surface area contributed by atoms with E-state index in [9.17, 15) is 0 Å². The number of benzene rings is 1. The van der Waals surface area contributed by atoms with Crippen LogP contribution in [0.1, 0.15) is 18.3 Å². The van der Waals surface area contributed by atoms with Gasteiger partial charge in [-0.2, -0.15) is 0 Å². The average molecular weight is 376 g/mol. The number of fused-ring (bicyclic) bond motifs is 1. The van der Waals surface area contributed by atoms with Crippen molar-refractivity contribution in [1.82, 2.24) is 19.5 Å². The zero-order valence-corrected chi connectivity index (χ0v) is 15.8. The number of nitrogens with zero attached hydrogens (tertiary/aromatic N) is 4. The lowest BCUT2D eigenvalue weighted by molar-refractivity contribution is 0.296. The second-order valence-corrected chi connectivity index (χ2v) is 6.12. The summed E-state index contributed by atoms with van der Waals surface area (Å²) < 4.78 is 18.3. The van der Waals surface area contributed by atoms with Crippen molar-refractivity contribution in [3.8, 4) is 17.2 Å². The Balaban J connectivity index is 1.80. The quantitative estimate of drug-likeness (QED) is 0.451. The Labute approximate surface area is 162 Å². The third-order valence-electron chi connectivity index (χ3n) is 4.30. The Kier molecular flexibility index (Phi) is 4.80. The van der Waals surface area contributed by atoms with Gasteiger partial charge in [0.1, 0.15) is 17.0 Å². The highest BCUT2D eigenvalue weighted by molar-refractivity contribution is 5.86. The third-order valence-corrected chi connectivity index (χ3v) is 4.30. The number of hydrogen-bond donors (Lipinski definition) is 0. The summed E-state index contributed by atoms with van der Waals surface area (Å²) in [5.74, 6) is 2.26. The molecule has 0 saturated carbocycles. The van der Waals surface area contributed by atoms with Crippen molar-refractivity contribution in [1.29, 1.82) is 0 Å². The lowest BCUT2D eigenvalue weighted by atomic mass is 10.2. The van der Waals surface area contributed by atoms with Crippen molar-refractivity contribution >= 4 is 16.9 Å². The lowest BCUT2D eigenvalue weighted by Gasteiger charge is -2.09. The zero-order chi connectivity index (χ0) is 19.5. The Morgan fingerprint density at radius 2 is 2.00 bits per heavy atom. The SMILES string of the molecule is C=C(OCC)c1nc(-c2ccco2)c2ncn(Cc3ccc(OC)cc3)c2n1. The number of aromatic nitrogens is 4. The number of hydrogen-bond acceptors (Lipinski definition) is 6. The molecule has 4 aromatic rings. The van der Waals surface area contributed by atoms with E-state index in [1.807, 2.05) is 47.9 Å². The molecular formula is C21H20N4O3. The number of methoxy groups -OCH3 is 1. The van der Waals surface area contributed by atoms with Gasteiger partial charge in [0.2, 0.25) is 0 Å². The molecule has 0 amide bonds. The number of imidazole rings is 1. The summed E-state index contributed by atoms with van der Waals surface area (Å²) in [6.45, 7) is 6.93. The minimum atomic E-state index is 0.411. The van der Waals surface area contributed by atoms with Gasteiger partial charge in [0.25, 0.3) is 0 Å². The standard InChI is InChI=1S/C21H20N4O3/c1-4-27-14(2)20-23-18(17-6-5-11-28-17)19-21(24-20)25(13-22-19)12-15-7-9-16(26-3)10-8-15/h5-11,13H,2,4,12H2,1,3H3. The second-order valence-electron chi connectivity index (χ2n) is 6.12. The molecule has 0 spiro atoms. The van der Waals surface area contributed by atoms with E-state index in [1.165, 1.54) is 0 Å². The van der Waals surface area contributed by atoms with E-state index in [1.54, 1.807) is 19.7 Å². The van der Waals surface area contributed by atoms with E-state index < -0.39 is 0 Å². The van der Waals surface area contributed by atoms with Gasteiger partial charge in [-0.3, -0.25) is 0 Å². The molecule has 3 heterocycles. The summed E-state index contributed by atoms with van der Waals surface area (Å²) in [6, 6.07) is 11.5. The van der Waals surface area contributed by atoms with Crippen LogP contribution in [0.25, 0.3) is 28.4 Å². The Hall–Kier alpha value is -3.61. The first-order chi connectivity index (χ1) is 13.7. The van der Waals surface area contributed by atoms with Gasteiger partial charge in [-0.1, -0.05) is 18.7 Å². The monoisotopic (exact) mass is 376 g/mol. The molecule has 0 radical (unpaired) electrons. The van der Waals surface area contributed by atoms with Gasteiger partial charge < -0.3 is 18.5 Å². The van der Waals surface area contributed by atoms with Gasteiger partial charge in [-0.25, -0.2) is 15.0 Å². The highest BCUT2D eigenvalue weighted by atomic mass is 16.5. The summed E-state index contributed by atoms with van der Waals surface area (Å²) in [5.41, 5.74) is 3.06. The van der Waals surface area contributed by atoms with Crippen LogP contribution in [0.2, 0.25) is 0 Å². The molecule has 0 unspecified atom stereocenters. The van der Waals surface area contributed by atoms with Crippen LogP contribution in [0.3, 0.4) is 0 Å². The third kappa shape index (κ3) is 3.34. The molecule has 7 heteroatoms. The molecule has 0 aliphatic rings. The van der Waals surface area contributed by atoms with Crippen LogP contribution in [0, 0.1) is 0 Å². The van der Waals surface area contributed by atoms with Gasteiger partial charge >= 0.3 is 0 Å². The van der Waals surface area contributed by atoms with Crippen molar-refractivity contribution in [2.45, 2.75) is 13.5 Å². The molecule has 0 atom stereocenters. The molecule has 3 aromatic heterocycles. The first-order valence-electron chi connectivity index (χ1n) is 8.91. The first-order valence-corrected chi connectivity index (χ1v) is 8.91. The van der Waals surface area contributed by atoms with E-state index in [4.69, 9.17) is 13.9 Å². The maximum absolute atomic E-state index is 5.55. The molecule has 28 heavy (non-hydrogen) atoms. The Morgan fingerprint density at radius 3 is 2.68 bits per heavy atom. The Bertz CT molecular complexity index is 1100. The summed E-state index contributed by atoms with van der Waals surface area (Å²) in [6.07, 6.45) is 3.36. The topological polar surface area (TPSA) is 75.2 Å². The molecule has 1 aromatic carbocycles. The van der Waals surface area contributed by atoms with Gasteiger partial charge in [0.15, 0.2) is 23.0 Å². The molecule has 0 saturated heterocycles. The van der Waals surface area contributed by atoms with Crippen LogP contribution >= 0.6 is 0 Å². The molecule has 0 bridgehead atoms. The van der Waals surface area contributed by atoms with Crippen LogP contribution in [0.15, 0.2) is 60.0 Å². The molecule has 0 aliphatic heterocycles. The zero-order valence-electron chi connectivity index (χ0n) is 15.8. The predicted molar refractivity (Wildman–Crippen MR) is 106 cm³/mol.